The molecule has 92 valence electrons. The van der Waals surface area contributed by atoms with Crippen LogP contribution in [0.5, 0.6) is 0 Å². The standard InChI is InChI=1S/C11H15BBrNO3/c13-8-2-1-3-11(15)14-10-6-4-9(5-7-10)12(16)17/h4-7,16-17H,1-3,8H2,(H,14,15). The van der Waals surface area contributed by atoms with E-state index in [1.165, 1.54) is 0 Å². The summed E-state index contributed by atoms with van der Waals surface area (Å²) >= 11 is 3.31. The smallest absolute Gasteiger partial charge is 0.423 e. The lowest BCUT2D eigenvalue weighted by molar-refractivity contribution is -0.116. The Balaban J connectivity index is 2.43. The number of hydrogen-bond acceptors (Lipinski definition) is 3. The first-order chi connectivity index (χ1) is 8.13. The van der Waals surface area contributed by atoms with E-state index in [0.717, 1.165) is 18.2 Å². The van der Waals surface area contributed by atoms with Gasteiger partial charge >= 0.3 is 7.12 Å². The third-order valence-electron chi connectivity index (χ3n) is 2.28. The molecule has 0 unspecified atom stereocenters. The van der Waals surface area contributed by atoms with Gasteiger partial charge in [-0.05, 0) is 30.4 Å². The van der Waals surface area contributed by atoms with Gasteiger partial charge in [0.1, 0.15) is 0 Å². The largest absolute Gasteiger partial charge is 0.488 e. The lowest BCUT2D eigenvalue weighted by Crippen LogP contribution is -2.29. The Kier molecular flexibility index (Phi) is 6.25. The summed E-state index contributed by atoms with van der Waals surface area (Å²) in [6.07, 6.45) is 2.32. The summed E-state index contributed by atoms with van der Waals surface area (Å²) in [5.41, 5.74) is 1.07. The van der Waals surface area contributed by atoms with Gasteiger partial charge in [0.2, 0.25) is 5.91 Å². The van der Waals surface area contributed by atoms with E-state index in [4.69, 9.17) is 10.0 Å². The first-order valence-electron chi connectivity index (χ1n) is 5.45. The van der Waals surface area contributed by atoms with Gasteiger partial charge in [-0.2, -0.15) is 0 Å². The quantitative estimate of drug-likeness (QED) is 0.415. The molecule has 1 rings (SSSR count). The summed E-state index contributed by atoms with van der Waals surface area (Å²) in [5.74, 6) is -0.0248. The van der Waals surface area contributed by atoms with Crippen LogP contribution in [0.1, 0.15) is 19.3 Å². The van der Waals surface area contributed by atoms with Crippen molar-refractivity contribution in [1.29, 1.82) is 0 Å². The molecule has 0 spiro atoms. The summed E-state index contributed by atoms with van der Waals surface area (Å²) in [5, 5.41) is 21.5. The zero-order valence-electron chi connectivity index (χ0n) is 9.40. The van der Waals surface area contributed by atoms with Gasteiger partial charge in [0.25, 0.3) is 0 Å². The minimum atomic E-state index is -1.47. The van der Waals surface area contributed by atoms with Gasteiger partial charge in [-0.3, -0.25) is 4.79 Å². The lowest BCUT2D eigenvalue weighted by atomic mass is 9.80. The monoisotopic (exact) mass is 299 g/mol. The van der Waals surface area contributed by atoms with E-state index in [1.807, 2.05) is 0 Å². The fourth-order valence-electron chi connectivity index (χ4n) is 1.34. The van der Waals surface area contributed by atoms with Crippen LogP contribution in [0.4, 0.5) is 5.69 Å². The molecular formula is C11H15BBrNO3. The second-order valence-electron chi connectivity index (χ2n) is 3.69. The fourth-order valence-corrected chi connectivity index (χ4v) is 1.74. The summed E-state index contributed by atoms with van der Waals surface area (Å²) in [6, 6.07) is 6.44. The highest BCUT2D eigenvalue weighted by Crippen LogP contribution is 2.06. The van der Waals surface area contributed by atoms with E-state index in [2.05, 4.69) is 21.2 Å². The molecule has 1 aromatic rings. The normalized spacial score (nSPS) is 10.1. The van der Waals surface area contributed by atoms with Gasteiger partial charge in [-0.1, -0.05) is 28.1 Å². The molecule has 1 aromatic carbocycles. The summed E-state index contributed by atoms with van der Waals surface area (Å²) < 4.78 is 0. The first-order valence-corrected chi connectivity index (χ1v) is 6.57. The molecule has 4 nitrogen and oxygen atoms in total. The van der Waals surface area contributed by atoms with Crippen molar-refractivity contribution in [3.63, 3.8) is 0 Å². The number of benzene rings is 1. The molecule has 0 aliphatic rings. The molecule has 6 heteroatoms. The number of unbranched alkanes of at least 4 members (excludes halogenated alkanes) is 1. The van der Waals surface area contributed by atoms with Gasteiger partial charge in [-0.15, -0.1) is 0 Å². The highest BCUT2D eigenvalue weighted by molar-refractivity contribution is 9.09. The second-order valence-corrected chi connectivity index (χ2v) is 4.48. The van der Waals surface area contributed by atoms with Gasteiger partial charge in [0.05, 0.1) is 0 Å². The van der Waals surface area contributed by atoms with E-state index in [1.54, 1.807) is 24.3 Å². The Morgan fingerprint density at radius 1 is 1.24 bits per heavy atom. The number of amides is 1. The average molecular weight is 300 g/mol. The van der Waals surface area contributed by atoms with Crippen molar-refractivity contribution < 1.29 is 14.8 Å². The van der Waals surface area contributed by atoms with E-state index >= 15 is 0 Å². The maximum atomic E-state index is 11.5. The highest BCUT2D eigenvalue weighted by atomic mass is 79.9. The predicted molar refractivity (Wildman–Crippen MR) is 72.5 cm³/mol. The number of alkyl halides is 1. The topological polar surface area (TPSA) is 69.6 Å². The molecule has 0 radical (unpaired) electrons. The maximum absolute atomic E-state index is 11.5. The van der Waals surface area contributed by atoms with Crippen LogP contribution in [-0.4, -0.2) is 28.4 Å². The Hall–Kier alpha value is -0.845. The van der Waals surface area contributed by atoms with Crippen LogP contribution in [0.15, 0.2) is 24.3 Å². The molecule has 3 N–H and O–H groups in total. The molecule has 0 aliphatic carbocycles. The number of carbonyl (C=O) groups excluding carboxylic acids is 1. The van der Waals surface area contributed by atoms with Gasteiger partial charge in [-0.25, -0.2) is 0 Å². The third-order valence-corrected chi connectivity index (χ3v) is 2.84. The van der Waals surface area contributed by atoms with Gasteiger partial charge < -0.3 is 15.4 Å². The SMILES string of the molecule is O=C(CCCCBr)Nc1ccc(B(O)O)cc1. The molecule has 0 atom stereocenters. The van der Waals surface area contributed by atoms with Crippen molar-refractivity contribution in [3.05, 3.63) is 24.3 Å². The maximum Gasteiger partial charge on any atom is 0.488 e. The molecule has 1 amide bonds. The molecule has 0 heterocycles. The van der Waals surface area contributed by atoms with Crippen LogP contribution in [0.25, 0.3) is 0 Å². The first kappa shape index (κ1) is 14.2. The van der Waals surface area contributed by atoms with E-state index in [0.29, 0.717) is 17.6 Å². The Morgan fingerprint density at radius 2 is 1.88 bits per heavy atom. The Morgan fingerprint density at radius 3 is 2.41 bits per heavy atom. The fraction of sp³-hybridized carbons (Fsp3) is 0.364. The van der Waals surface area contributed by atoms with Crippen LogP contribution in [0, 0.1) is 0 Å². The summed E-state index contributed by atoms with van der Waals surface area (Å²) in [4.78, 5) is 11.5. The molecule has 0 bridgehead atoms. The second kappa shape index (κ2) is 7.47. The van der Waals surface area contributed by atoms with Gasteiger partial charge in [0.15, 0.2) is 0 Å². The van der Waals surface area contributed by atoms with Crippen molar-refractivity contribution >= 4 is 40.1 Å². The molecule has 17 heavy (non-hydrogen) atoms. The number of carbonyl (C=O) groups is 1. The van der Waals surface area contributed by atoms with Crippen LogP contribution in [0.2, 0.25) is 0 Å². The lowest BCUT2D eigenvalue weighted by Gasteiger charge is -2.06. The van der Waals surface area contributed by atoms with Crippen LogP contribution in [-0.2, 0) is 4.79 Å². The number of anilines is 1. The third kappa shape index (κ3) is 5.34. The molecular weight excluding hydrogens is 285 g/mol. The molecule has 0 fully saturated rings. The van der Waals surface area contributed by atoms with Crippen molar-refractivity contribution in [3.8, 4) is 0 Å². The van der Waals surface area contributed by atoms with Crippen LogP contribution < -0.4 is 10.8 Å². The predicted octanol–water partition coefficient (Wildman–Crippen LogP) is 0.870. The highest BCUT2D eigenvalue weighted by Gasteiger charge is 2.10. The van der Waals surface area contributed by atoms with E-state index in [-0.39, 0.29) is 5.91 Å². The zero-order valence-corrected chi connectivity index (χ0v) is 11.0. The van der Waals surface area contributed by atoms with Crippen LogP contribution >= 0.6 is 15.9 Å². The average Bonchev–Trinajstić information content (AvgIpc) is 2.30. The van der Waals surface area contributed by atoms with Crippen molar-refractivity contribution in [2.75, 3.05) is 10.6 Å². The van der Waals surface area contributed by atoms with E-state index < -0.39 is 7.12 Å². The number of nitrogens with one attached hydrogen (secondary N) is 1. The zero-order chi connectivity index (χ0) is 12.7. The van der Waals surface area contributed by atoms with E-state index in [9.17, 15) is 4.79 Å². The summed E-state index contributed by atoms with van der Waals surface area (Å²) in [7, 11) is -1.47. The number of hydrogen-bond donors (Lipinski definition) is 3. The summed E-state index contributed by atoms with van der Waals surface area (Å²) in [6.45, 7) is 0. The van der Waals surface area contributed by atoms with Crippen molar-refractivity contribution in [2.45, 2.75) is 19.3 Å². The Labute approximate surface area is 109 Å². The molecule has 0 saturated carbocycles. The number of halogens is 1. The van der Waals surface area contributed by atoms with Crippen molar-refractivity contribution in [1.82, 2.24) is 0 Å². The molecule has 0 aromatic heterocycles. The molecule has 0 saturated heterocycles. The minimum absolute atomic E-state index is 0.0248. The number of rotatable bonds is 6. The van der Waals surface area contributed by atoms with Gasteiger partial charge in [0, 0.05) is 17.4 Å². The van der Waals surface area contributed by atoms with Crippen LogP contribution in [0.3, 0.4) is 0 Å². The Bertz CT molecular complexity index is 356. The molecule has 0 aliphatic heterocycles. The minimum Gasteiger partial charge on any atom is -0.423 e. The van der Waals surface area contributed by atoms with Crippen molar-refractivity contribution in [2.24, 2.45) is 0 Å².